The van der Waals surface area contributed by atoms with Crippen molar-refractivity contribution in [2.24, 2.45) is 0 Å². The van der Waals surface area contributed by atoms with E-state index in [0.29, 0.717) is 0 Å². The fourth-order valence-corrected chi connectivity index (χ4v) is 3.65. The van der Waals surface area contributed by atoms with Gasteiger partial charge in [-0.15, -0.1) is 0 Å². The average molecular weight is 242 g/mol. The first-order chi connectivity index (χ1) is 7.92. The molecule has 2 nitrogen and oxygen atoms in total. The van der Waals surface area contributed by atoms with E-state index in [-0.39, 0.29) is 0 Å². The lowest BCUT2D eigenvalue weighted by Crippen LogP contribution is -2.39. The Morgan fingerprint density at radius 3 is 3.00 bits per heavy atom. The molecule has 2 unspecified atom stereocenters. The first kappa shape index (κ1) is 12.7. The zero-order valence-corrected chi connectivity index (χ0v) is 11.4. The minimum absolute atomic E-state index is 0.808. The van der Waals surface area contributed by atoms with Crippen LogP contribution in [0.1, 0.15) is 38.5 Å². The largest absolute Gasteiger partial charge is 0.312 e. The number of thioether (sulfide) groups is 1. The normalized spacial score (nSPS) is 29.8. The Morgan fingerprint density at radius 1 is 1.19 bits per heavy atom. The molecule has 0 bridgehead atoms. The van der Waals surface area contributed by atoms with Crippen LogP contribution < -0.4 is 5.32 Å². The van der Waals surface area contributed by atoms with Gasteiger partial charge in [0.1, 0.15) is 0 Å². The summed E-state index contributed by atoms with van der Waals surface area (Å²) in [5.41, 5.74) is 0. The second-order valence-corrected chi connectivity index (χ2v) is 6.13. The van der Waals surface area contributed by atoms with Crippen LogP contribution >= 0.6 is 11.8 Å². The maximum Gasteiger partial charge on any atom is 0.0250 e. The zero-order valence-electron chi connectivity index (χ0n) is 10.6. The standard InChI is InChI=1S/C13H26N2S/c1-16-11-4-2-3-8-14-12-7-10-15-9-5-6-13(12)15/h12-14H,2-11H2,1H3. The summed E-state index contributed by atoms with van der Waals surface area (Å²) in [6.07, 6.45) is 10.6. The van der Waals surface area contributed by atoms with Crippen molar-refractivity contribution in [3.8, 4) is 0 Å². The Kier molecular flexibility index (Phi) is 5.46. The summed E-state index contributed by atoms with van der Waals surface area (Å²) in [6.45, 7) is 3.94. The second-order valence-electron chi connectivity index (χ2n) is 5.15. The van der Waals surface area contributed by atoms with E-state index in [1.54, 1.807) is 0 Å². The van der Waals surface area contributed by atoms with Gasteiger partial charge < -0.3 is 5.32 Å². The van der Waals surface area contributed by atoms with Gasteiger partial charge in [-0.2, -0.15) is 11.8 Å². The highest BCUT2D eigenvalue weighted by molar-refractivity contribution is 7.98. The number of nitrogens with one attached hydrogen (secondary N) is 1. The third kappa shape index (κ3) is 3.38. The molecular formula is C13H26N2S. The third-order valence-corrected chi connectivity index (χ3v) is 4.73. The lowest BCUT2D eigenvalue weighted by molar-refractivity contribution is 0.298. The Hall–Kier alpha value is 0.270. The second kappa shape index (κ2) is 6.87. The van der Waals surface area contributed by atoms with Gasteiger partial charge in [-0.05, 0) is 57.2 Å². The topological polar surface area (TPSA) is 15.3 Å². The van der Waals surface area contributed by atoms with E-state index in [4.69, 9.17) is 0 Å². The molecule has 2 aliphatic heterocycles. The molecule has 0 aromatic carbocycles. The van der Waals surface area contributed by atoms with Gasteiger partial charge in [0.05, 0.1) is 0 Å². The Labute approximate surface area is 105 Å². The Bertz CT molecular complexity index is 198. The van der Waals surface area contributed by atoms with E-state index < -0.39 is 0 Å². The van der Waals surface area contributed by atoms with E-state index in [1.165, 1.54) is 63.9 Å². The van der Waals surface area contributed by atoms with Crippen LogP contribution in [0, 0.1) is 0 Å². The van der Waals surface area contributed by atoms with Crippen LogP contribution in [0.3, 0.4) is 0 Å². The highest BCUT2D eigenvalue weighted by Gasteiger charge is 2.36. The predicted octanol–water partition coefficient (Wildman–Crippen LogP) is 2.35. The quantitative estimate of drug-likeness (QED) is 0.690. The van der Waals surface area contributed by atoms with Gasteiger partial charge in [0.25, 0.3) is 0 Å². The van der Waals surface area contributed by atoms with Crippen molar-refractivity contribution in [2.45, 2.75) is 50.6 Å². The lowest BCUT2D eigenvalue weighted by Gasteiger charge is -2.21. The van der Waals surface area contributed by atoms with E-state index in [9.17, 15) is 0 Å². The van der Waals surface area contributed by atoms with Crippen molar-refractivity contribution >= 4 is 11.8 Å². The van der Waals surface area contributed by atoms with Crippen LogP contribution in [-0.4, -0.2) is 48.6 Å². The van der Waals surface area contributed by atoms with Gasteiger partial charge in [-0.3, -0.25) is 4.90 Å². The molecule has 0 aromatic heterocycles. The van der Waals surface area contributed by atoms with Crippen LogP contribution in [0.2, 0.25) is 0 Å². The summed E-state index contributed by atoms with van der Waals surface area (Å²) in [6, 6.07) is 1.69. The molecule has 2 saturated heterocycles. The van der Waals surface area contributed by atoms with E-state index in [0.717, 1.165) is 12.1 Å². The summed E-state index contributed by atoms with van der Waals surface area (Å²) < 4.78 is 0. The van der Waals surface area contributed by atoms with Crippen molar-refractivity contribution in [3.63, 3.8) is 0 Å². The van der Waals surface area contributed by atoms with Crippen molar-refractivity contribution in [3.05, 3.63) is 0 Å². The molecular weight excluding hydrogens is 216 g/mol. The molecule has 2 heterocycles. The number of unbranched alkanes of at least 4 members (excludes halogenated alkanes) is 2. The smallest absolute Gasteiger partial charge is 0.0250 e. The summed E-state index contributed by atoms with van der Waals surface area (Å²) in [5, 5.41) is 3.78. The minimum atomic E-state index is 0.808. The monoisotopic (exact) mass is 242 g/mol. The molecule has 0 radical (unpaired) electrons. The van der Waals surface area contributed by atoms with Crippen molar-refractivity contribution in [1.29, 1.82) is 0 Å². The van der Waals surface area contributed by atoms with Gasteiger partial charge in [-0.1, -0.05) is 6.42 Å². The minimum Gasteiger partial charge on any atom is -0.312 e. The molecule has 2 aliphatic rings. The van der Waals surface area contributed by atoms with E-state index in [2.05, 4.69) is 16.5 Å². The maximum absolute atomic E-state index is 3.78. The molecule has 2 fully saturated rings. The Morgan fingerprint density at radius 2 is 2.12 bits per heavy atom. The van der Waals surface area contributed by atoms with Crippen molar-refractivity contribution in [1.82, 2.24) is 10.2 Å². The predicted molar refractivity (Wildman–Crippen MR) is 73.2 cm³/mol. The van der Waals surface area contributed by atoms with Gasteiger partial charge in [-0.25, -0.2) is 0 Å². The van der Waals surface area contributed by atoms with Gasteiger partial charge in [0.15, 0.2) is 0 Å². The molecule has 2 rings (SSSR count). The van der Waals surface area contributed by atoms with Crippen LogP contribution in [0.4, 0.5) is 0 Å². The number of hydrogen-bond acceptors (Lipinski definition) is 3. The van der Waals surface area contributed by atoms with Crippen LogP contribution in [0.25, 0.3) is 0 Å². The first-order valence-corrected chi connectivity index (χ1v) is 8.27. The van der Waals surface area contributed by atoms with E-state index in [1.807, 2.05) is 11.8 Å². The molecule has 16 heavy (non-hydrogen) atoms. The van der Waals surface area contributed by atoms with Gasteiger partial charge >= 0.3 is 0 Å². The summed E-state index contributed by atoms with van der Waals surface area (Å²) in [7, 11) is 0. The molecule has 0 spiro atoms. The number of fused-ring (bicyclic) bond motifs is 1. The first-order valence-electron chi connectivity index (χ1n) is 6.88. The third-order valence-electron chi connectivity index (χ3n) is 4.04. The van der Waals surface area contributed by atoms with Gasteiger partial charge in [0, 0.05) is 18.6 Å². The molecule has 0 aromatic rings. The number of hydrogen-bond donors (Lipinski definition) is 1. The maximum atomic E-state index is 3.78. The molecule has 1 N–H and O–H groups in total. The van der Waals surface area contributed by atoms with E-state index >= 15 is 0 Å². The fourth-order valence-electron chi connectivity index (χ4n) is 3.16. The van der Waals surface area contributed by atoms with Crippen LogP contribution in [0.5, 0.6) is 0 Å². The number of rotatable bonds is 7. The summed E-state index contributed by atoms with van der Waals surface area (Å²) in [4.78, 5) is 2.69. The molecule has 3 heteroatoms. The number of nitrogens with zero attached hydrogens (tertiary/aromatic N) is 1. The molecule has 0 saturated carbocycles. The van der Waals surface area contributed by atoms with Crippen molar-refractivity contribution in [2.75, 3.05) is 31.6 Å². The van der Waals surface area contributed by atoms with Crippen LogP contribution in [0.15, 0.2) is 0 Å². The zero-order chi connectivity index (χ0) is 11.2. The summed E-state index contributed by atoms with van der Waals surface area (Å²) in [5.74, 6) is 1.33. The lowest BCUT2D eigenvalue weighted by atomic mass is 10.1. The SMILES string of the molecule is CSCCCCCNC1CCN2CCCC12. The molecule has 2 atom stereocenters. The highest BCUT2D eigenvalue weighted by Crippen LogP contribution is 2.27. The fraction of sp³-hybridized carbons (Fsp3) is 1.00. The average Bonchev–Trinajstić information content (AvgIpc) is 2.87. The summed E-state index contributed by atoms with van der Waals surface area (Å²) >= 11 is 1.97. The van der Waals surface area contributed by atoms with Crippen LogP contribution in [-0.2, 0) is 0 Å². The Balaban J connectivity index is 1.53. The highest BCUT2D eigenvalue weighted by atomic mass is 32.2. The van der Waals surface area contributed by atoms with Gasteiger partial charge in [0.2, 0.25) is 0 Å². The molecule has 94 valence electrons. The van der Waals surface area contributed by atoms with Crippen molar-refractivity contribution < 1.29 is 0 Å². The molecule has 0 amide bonds. The molecule has 0 aliphatic carbocycles.